The van der Waals surface area contributed by atoms with E-state index in [0.29, 0.717) is 24.6 Å². The number of rotatable bonds is 10. The lowest BCUT2D eigenvalue weighted by Gasteiger charge is -2.25. The van der Waals surface area contributed by atoms with Gasteiger partial charge in [0.15, 0.2) is 0 Å². The zero-order chi connectivity index (χ0) is 23.1. The van der Waals surface area contributed by atoms with Crippen LogP contribution in [0.3, 0.4) is 0 Å². The molecule has 32 heavy (non-hydrogen) atoms. The molecular formula is C24H30N4O3S. The second-order valence-corrected chi connectivity index (χ2v) is 9.38. The van der Waals surface area contributed by atoms with Crippen LogP contribution in [0.15, 0.2) is 77.8 Å². The van der Waals surface area contributed by atoms with Crippen molar-refractivity contribution in [3.05, 3.63) is 78.5 Å². The Labute approximate surface area is 190 Å². The normalized spacial score (nSPS) is 12.4. The fraction of sp³-hybridized carbons (Fsp3) is 0.292. The van der Waals surface area contributed by atoms with Crippen LogP contribution in [0.2, 0.25) is 0 Å². The Balaban J connectivity index is 1.73. The van der Waals surface area contributed by atoms with Crippen LogP contribution in [-0.2, 0) is 10.0 Å². The van der Waals surface area contributed by atoms with Crippen LogP contribution >= 0.6 is 0 Å². The SMILES string of the molecule is CCN(c1ccccc1)S(=O)(=O)c1ccc(NCC(c2ccc(OC)cc2)N(C)C)nc1. The molecule has 2 aromatic carbocycles. The van der Waals surface area contributed by atoms with Gasteiger partial charge in [-0.2, -0.15) is 0 Å². The summed E-state index contributed by atoms with van der Waals surface area (Å²) < 4.78 is 32.8. The van der Waals surface area contributed by atoms with Gasteiger partial charge in [-0.1, -0.05) is 30.3 Å². The van der Waals surface area contributed by atoms with E-state index in [1.807, 2.05) is 63.5 Å². The van der Waals surface area contributed by atoms with Gasteiger partial charge in [0, 0.05) is 19.3 Å². The number of hydrogen-bond donors (Lipinski definition) is 1. The quantitative estimate of drug-likeness (QED) is 0.499. The minimum Gasteiger partial charge on any atom is -0.497 e. The minimum atomic E-state index is -3.69. The van der Waals surface area contributed by atoms with Gasteiger partial charge in [0.2, 0.25) is 0 Å². The summed E-state index contributed by atoms with van der Waals surface area (Å²) in [4.78, 5) is 6.63. The topological polar surface area (TPSA) is 74.8 Å². The molecule has 3 aromatic rings. The molecule has 1 atom stereocenters. The van der Waals surface area contributed by atoms with Gasteiger partial charge in [-0.05, 0) is 63.0 Å². The van der Waals surface area contributed by atoms with Crippen molar-refractivity contribution in [2.75, 3.05) is 43.9 Å². The summed E-state index contributed by atoms with van der Waals surface area (Å²) in [5.74, 6) is 1.43. The first-order chi connectivity index (χ1) is 15.4. The fourth-order valence-electron chi connectivity index (χ4n) is 3.48. The van der Waals surface area contributed by atoms with Gasteiger partial charge < -0.3 is 15.0 Å². The van der Waals surface area contributed by atoms with Gasteiger partial charge in [-0.3, -0.25) is 4.31 Å². The lowest BCUT2D eigenvalue weighted by atomic mass is 10.1. The zero-order valence-corrected chi connectivity index (χ0v) is 19.7. The van der Waals surface area contributed by atoms with Crippen LogP contribution in [0, 0.1) is 0 Å². The van der Waals surface area contributed by atoms with Crippen LogP contribution in [-0.4, -0.2) is 52.6 Å². The highest BCUT2D eigenvalue weighted by Crippen LogP contribution is 2.24. The Morgan fingerprint density at radius 3 is 2.22 bits per heavy atom. The molecule has 1 heterocycles. The molecule has 0 radical (unpaired) electrons. The average Bonchev–Trinajstić information content (AvgIpc) is 2.81. The molecule has 0 aliphatic carbocycles. The van der Waals surface area contributed by atoms with Crippen molar-refractivity contribution >= 4 is 21.5 Å². The molecule has 0 spiro atoms. The lowest BCUT2D eigenvalue weighted by molar-refractivity contribution is 0.311. The van der Waals surface area contributed by atoms with E-state index in [-0.39, 0.29) is 10.9 Å². The van der Waals surface area contributed by atoms with Crippen molar-refractivity contribution < 1.29 is 13.2 Å². The highest BCUT2D eigenvalue weighted by Gasteiger charge is 2.24. The summed E-state index contributed by atoms with van der Waals surface area (Å²) in [7, 11) is 1.99. The van der Waals surface area contributed by atoms with Crippen LogP contribution in [0.5, 0.6) is 5.75 Å². The molecule has 170 valence electrons. The third-order valence-electron chi connectivity index (χ3n) is 5.26. The maximum Gasteiger partial charge on any atom is 0.265 e. The second kappa shape index (κ2) is 10.5. The Morgan fingerprint density at radius 2 is 1.69 bits per heavy atom. The first-order valence-electron chi connectivity index (χ1n) is 10.4. The molecule has 0 fully saturated rings. The van der Waals surface area contributed by atoms with E-state index in [1.165, 1.54) is 10.5 Å². The number of pyridine rings is 1. The maximum atomic E-state index is 13.1. The summed E-state index contributed by atoms with van der Waals surface area (Å²) in [6.07, 6.45) is 1.40. The van der Waals surface area contributed by atoms with Gasteiger partial charge >= 0.3 is 0 Å². The second-order valence-electron chi connectivity index (χ2n) is 7.52. The zero-order valence-electron chi connectivity index (χ0n) is 18.9. The number of nitrogens with zero attached hydrogens (tertiary/aromatic N) is 3. The number of ether oxygens (including phenoxy) is 1. The predicted octanol–water partition coefficient (Wildman–Crippen LogP) is 4.02. The number of likely N-dealkylation sites (N-methyl/N-ethyl adjacent to an activating group) is 1. The van der Waals surface area contributed by atoms with Crippen LogP contribution in [0.25, 0.3) is 0 Å². The number of hydrogen-bond acceptors (Lipinski definition) is 6. The molecule has 8 heteroatoms. The number of para-hydroxylation sites is 1. The molecule has 7 nitrogen and oxygen atoms in total. The summed E-state index contributed by atoms with van der Waals surface area (Å²) in [6, 6.07) is 20.4. The van der Waals surface area contributed by atoms with Gasteiger partial charge in [0.1, 0.15) is 16.5 Å². The fourth-order valence-corrected chi connectivity index (χ4v) is 4.90. The van der Waals surface area contributed by atoms with Crippen molar-refractivity contribution in [2.24, 2.45) is 0 Å². The van der Waals surface area contributed by atoms with E-state index in [0.717, 1.165) is 11.3 Å². The Hall–Kier alpha value is -3.10. The van der Waals surface area contributed by atoms with Crippen molar-refractivity contribution in [2.45, 2.75) is 17.9 Å². The van der Waals surface area contributed by atoms with Gasteiger partial charge in [-0.25, -0.2) is 13.4 Å². The third-order valence-corrected chi connectivity index (χ3v) is 7.14. The van der Waals surface area contributed by atoms with Gasteiger partial charge in [-0.15, -0.1) is 0 Å². The Kier molecular flexibility index (Phi) is 7.71. The summed E-state index contributed by atoms with van der Waals surface area (Å²) in [6.45, 7) is 2.76. The van der Waals surface area contributed by atoms with E-state index in [1.54, 1.807) is 31.4 Å². The van der Waals surface area contributed by atoms with Crippen molar-refractivity contribution in [3.63, 3.8) is 0 Å². The molecule has 0 amide bonds. The van der Waals surface area contributed by atoms with Crippen molar-refractivity contribution in [1.29, 1.82) is 0 Å². The summed E-state index contributed by atoms with van der Waals surface area (Å²) >= 11 is 0. The highest BCUT2D eigenvalue weighted by molar-refractivity contribution is 7.92. The molecule has 1 aromatic heterocycles. The first kappa shape index (κ1) is 23.6. The lowest BCUT2D eigenvalue weighted by Crippen LogP contribution is -2.30. The van der Waals surface area contributed by atoms with E-state index >= 15 is 0 Å². The maximum absolute atomic E-state index is 13.1. The molecule has 0 aliphatic heterocycles. The summed E-state index contributed by atoms with van der Waals surface area (Å²) in [5, 5.41) is 3.31. The molecule has 0 aliphatic rings. The van der Waals surface area contributed by atoms with Crippen molar-refractivity contribution in [3.8, 4) is 5.75 Å². The van der Waals surface area contributed by atoms with Gasteiger partial charge in [0.25, 0.3) is 10.0 Å². The smallest absolute Gasteiger partial charge is 0.265 e. The van der Waals surface area contributed by atoms with E-state index in [4.69, 9.17) is 4.74 Å². The van der Waals surface area contributed by atoms with Crippen molar-refractivity contribution in [1.82, 2.24) is 9.88 Å². The van der Waals surface area contributed by atoms with E-state index in [2.05, 4.69) is 15.2 Å². The van der Waals surface area contributed by atoms with Crippen LogP contribution in [0.1, 0.15) is 18.5 Å². The van der Waals surface area contributed by atoms with Crippen LogP contribution in [0.4, 0.5) is 11.5 Å². The average molecular weight is 455 g/mol. The van der Waals surface area contributed by atoms with E-state index < -0.39 is 10.0 Å². The van der Waals surface area contributed by atoms with E-state index in [9.17, 15) is 8.42 Å². The standard InChI is InChI=1S/C24H30N4O3S/c1-5-28(20-9-7-6-8-10-20)32(29,30)22-15-16-24(25-17-22)26-18-23(27(2)3)19-11-13-21(31-4)14-12-19/h6-17,23H,5,18H2,1-4H3,(H,25,26). The monoisotopic (exact) mass is 454 g/mol. The van der Waals surface area contributed by atoms with Crippen LogP contribution < -0.4 is 14.4 Å². The largest absolute Gasteiger partial charge is 0.497 e. The molecule has 3 rings (SSSR count). The Morgan fingerprint density at radius 1 is 1.00 bits per heavy atom. The molecule has 1 unspecified atom stereocenters. The highest BCUT2D eigenvalue weighted by atomic mass is 32.2. The van der Waals surface area contributed by atoms with Gasteiger partial charge in [0.05, 0.1) is 18.8 Å². The number of nitrogens with one attached hydrogen (secondary N) is 1. The minimum absolute atomic E-state index is 0.111. The predicted molar refractivity (Wildman–Crippen MR) is 129 cm³/mol. The molecule has 0 saturated carbocycles. The molecule has 1 N–H and O–H groups in total. The summed E-state index contributed by atoms with van der Waals surface area (Å²) in [5.41, 5.74) is 1.77. The number of aromatic nitrogens is 1. The number of methoxy groups -OCH3 is 1. The molecular weight excluding hydrogens is 424 g/mol. The number of sulfonamides is 1. The third kappa shape index (κ3) is 5.38. The number of benzene rings is 2. The molecule has 0 bridgehead atoms. The Bertz CT molecular complexity index is 1090. The number of anilines is 2. The molecule has 0 saturated heterocycles. The first-order valence-corrected chi connectivity index (χ1v) is 11.9.